The van der Waals surface area contributed by atoms with Crippen molar-refractivity contribution in [2.24, 2.45) is 0 Å². The van der Waals surface area contributed by atoms with Gasteiger partial charge in [0.1, 0.15) is 23.6 Å². The first kappa shape index (κ1) is 28.1. The van der Waals surface area contributed by atoms with E-state index in [1.807, 2.05) is 45.0 Å². The van der Waals surface area contributed by atoms with Gasteiger partial charge in [-0.3, -0.25) is 5.41 Å². The zero-order chi connectivity index (χ0) is 28.2. The molecule has 1 atom stereocenters. The van der Waals surface area contributed by atoms with Gasteiger partial charge in [0.2, 0.25) is 0 Å². The van der Waals surface area contributed by atoms with Gasteiger partial charge in [0.05, 0.1) is 11.3 Å². The van der Waals surface area contributed by atoms with Crippen LogP contribution >= 0.6 is 22.6 Å². The molecule has 0 spiro atoms. The van der Waals surface area contributed by atoms with Crippen LogP contribution in [0.3, 0.4) is 0 Å². The summed E-state index contributed by atoms with van der Waals surface area (Å²) in [4.78, 5) is 34.9. The number of nitrogens with two attached hydrogens (primary N) is 1. The van der Waals surface area contributed by atoms with Crippen LogP contribution in [0.25, 0.3) is 0 Å². The summed E-state index contributed by atoms with van der Waals surface area (Å²) < 4.78 is 6.49. The van der Waals surface area contributed by atoms with E-state index in [-0.39, 0.29) is 29.7 Å². The van der Waals surface area contributed by atoms with E-state index in [0.29, 0.717) is 47.8 Å². The Balaban J connectivity index is 1.42. The van der Waals surface area contributed by atoms with Crippen molar-refractivity contribution in [3.05, 3.63) is 69.6 Å². The SMILES string of the molecule is CC(C)(C)OC(=O)N1CC[C@@H](Nc2ncnc(N)c2C(=N)c2ccc(NC(=O)Nc3cccc(I)c3)cc2)C1. The second kappa shape index (κ2) is 11.8. The summed E-state index contributed by atoms with van der Waals surface area (Å²) in [6.45, 7) is 6.49. The molecular weight excluding hydrogens is 611 g/mol. The van der Waals surface area contributed by atoms with Crippen LogP contribution in [0.4, 0.5) is 32.6 Å². The third kappa shape index (κ3) is 7.56. The summed E-state index contributed by atoms with van der Waals surface area (Å²) in [7, 11) is 0. The number of hydrogen-bond acceptors (Lipinski definition) is 8. The van der Waals surface area contributed by atoms with Crippen LogP contribution in [0.5, 0.6) is 0 Å². The standard InChI is InChI=1S/C27H31IN8O3/c1-27(2,3)39-26(38)36-12-11-20(14-36)33-24-21(23(30)31-15-32-24)22(29)16-7-9-18(10-8-16)34-25(37)35-19-6-4-5-17(28)13-19/h4-10,13,15,20,29H,11-12,14H2,1-3H3,(H2,34,35,37)(H3,30,31,32,33)/t20-/m1/s1. The van der Waals surface area contributed by atoms with Gasteiger partial charge >= 0.3 is 12.1 Å². The molecule has 6 N–H and O–H groups in total. The zero-order valence-electron chi connectivity index (χ0n) is 21.9. The number of carbonyl (C=O) groups is 2. The monoisotopic (exact) mass is 642 g/mol. The number of rotatable bonds is 6. The topological polar surface area (TPSA) is 158 Å². The van der Waals surface area contributed by atoms with Gasteiger partial charge in [-0.05, 0) is 80.1 Å². The number of nitrogens with one attached hydrogen (secondary N) is 4. The quantitative estimate of drug-likeness (QED) is 0.184. The zero-order valence-corrected chi connectivity index (χ0v) is 24.1. The molecule has 0 radical (unpaired) electrons. The maximum Gasteiger partial charge on any atom is 0.410 e. The summed E-state index contributed by atoms with van der Waals surface area (Å²) in [5.41, 5.74) is 7.94. The van der Waals surface area contributed by atoms with Gasteiger partial charge in [-0.2, -0.15) is 0 Å². The smallest absolute Gasteiger partial charge is 0.410 e. The fourth-order valence-electron chi connectivity index (χ4n) is 4.04. The highest BCUT2D eigenvalue weighted by molar-refractivity contribution is 14.1. The van der Waals surface area contributed by atoms with Crippen molar-refractivity contribution in [1.29, 1.82) is 5.41 Å². The van der Waals surface area contributed by atoms with Gasteiger partial charge in [0.25, 0.3) is 0 Å². The predicted octanol–water partition coefficient (Wildman–Crippen LogP) is 5.14. The Hall–Kier alpha value is -3.94. The average molecular weight is 643 g/mol. The fourth-order valence-corrected chi connectivity index (χ4v) is 4.59. The minimum absolute atomic E-state index is 0.0867. The van der Waals surface area contributed by atoms with Gasteiger partial charge in [0, 0.05) is 39.6 Å². The number of likely N-dealkylation sites (tertiary alicyclic amines) is 1. The number of amides is 3. The van der Waals surface area contributed by atoms with E-state index in [9.17, 15) is 9.59 Å². The molecule has 2 heterocycles. The Morgan fingerprint density at radius 2 is 1.82 bits per heavy atom. The lowest BCUT2D eigenvalue weighted by atomic mass is 10.0. The van der Waals surface area contributed by atoms with Gasteiger partial charge in [-0.25, -0.2) is 19.6 Å². The largest absolute Gasteiger partial charge is 0.444 e. The Labute approximate surface area is 240 Å². The third-order valence-electron chi connectivity index (χ3n) is 5.82. The van der Waals surface area contributed by atoms with Crippen LogP contribution in [-0.4, -0.2) is 57.4 Å². The Morgan fingerprint density at radius 3 is 2.51 bits per heavy atom. The van der Waals surface area contributed by atoms with E-state index < -0.39 is 5.60 Å². The van der Waals surface area contributed by atoms with Crippen LogP contribution in [0, 0.1) is 8.98 Å². The van der Waals surface area contributed by atoms with Crippen LogP contribution in [0.15, 0.2) is 54.9 Å². The summed E-state index contributed by atoms with van der Waals surface area (Å²) in [6, 6.07) is 13.9. The lowest BCUT2D eigenvalue weighted by molar-refractivity contribution is 0.0293. The molecule has 3 aromatic rings. The molecule has 1 aromatic heterocycles. The number of halogens is 1. The molecule has 0 saturated carbocycles. The average Bonchev–Trinajstić information content (AvgIpc) is 3.32. The maximum atomic E-state index is 12.4. The molecule has 1 aliphatic rings. The Kier molecular flexibility index (Phi) is 8.53. The van der Waals surface area contributed by atoms with E-state index in [1.54, 1.807) is 29.2 Å². The predicted molar refractivity (Wildman–Crippen MR) is 160 cm³/mol. The van der Waals surface area contributed by atoms with Crippen LogP contribution in [0.1, 0.15) is 38.3 Å². The third-order valence-corrected chi connectivity index (χ3v) is 6.49. The summed E-state index contributed by atoms with van der Waals surface area (Å²) >= 11 is 2.18. The molecule has 1 aliphatic heterocycles. The molecule has 0 unspecified atom stereocenters. The van der Waals surface area contributed by atoms with Gasteiger partial charge in [0.15, 0.2) is 0 Å². The Bertz CT molecular complexity index is 1370. The van der Waals surface area contributed by atoms with Crippen LogP contribution in [0.2, 0.25) is 0 Å². The summed E-state index contributed by atoms with van der Waals surface area (Å²) in [5, 5.41) is 17.7. The molecule has 39 heavy (non-hydrogen) atoms. The number of anilines is 4. The lowest BCUT2D eigenvalue weighted by Gasteiger charge is -2.24. The molecule has 204 valence electrons. The number of benzene rings is 2. The second-order valence-corrected chi connectivity index (χ2v) is 11.3. The molecule has 2 aromatic carbocycles. The van der Waals surface area contributed by atoms with E-state index in [1.165, 1.54) is 6.33 Å². The fraction of sp³-hybridized carbons (Fsp3) is 0.296. The van der Waals surface area contributed by atoms with Gasteiger partial charge < -0.3 is 31.3 Å². The molecular formula is C27H31IN8O3. The number of nitrogens with zero attached hydrogens (tertiary/aromatic N) is 3. The Morgan fingerprint density at radius 1 is 1.10 bits per heavy atom. The van der Waals surface area contributed by atoms with E-state index in [2.05, 4.69) is 48.5 Å². The minimum Gasteiger partial charge on any atom is -0.444 e. The van der Waals surface area contributed by atoms with Crippen molar-refractivity contribution < 1.29 is 14.3 Å². The molecule has 0 aliphatic carbocycles. The second-order valence-electron chi connectivity index (χ2n) is 10.1. The van der Waals surface area contributed by atoms with Crippen molar-refractivity contribution in [3.8, 4) is 0 Å². The highest BCUT2D eigenvalue weighted by Crippen LogP contribution is 2.25. The van der Waals surface area contributed by atoms with Crippen molar-refractivity contribution in [2.45, 2.75) is 38.8 Å². The molecule has 0 bridgehead atoms. The van der Waals surface area contributed by atoms with Gasteiger partial charge in [-0.15, -0.1) is 0 Å². The van der Waals surface area contributed by atoms with Crippen LogP contribution < -0.4 is 21.7 Å². The highest BCUT2D eigenvalue weighted by Gasteiger charge is 2.31. The molecule has 1 fully saturated rings. The van der Waals surface area contributed by atoms with E-state index >= 15 is 0 Å². The molecule has 4 rings (SSSR count). The number of aromatic nitrogens is 2. The number of urea groups is 1. The van der Waals surface area contributed by atoms with E-state index in [4.69, 9.17) is 15.9 Å². The lowest BCUT2D eigenvalue weighted by Crippen LogP contribution is -2.36. The van der Waals surface area contributed by atoms with Crippen molar-refractivity contribution >= 4 is 63.4 Å². The minimum atomic E-state index is -0.568. The van der Waals surface area contributed by atoms with Crippen molar-refractivity contribution in [1.82, 2.24) is 14.9 Å². The normalized spacial score (nSPS) is 15.0. The van der Waals surface area contributed by atoms with E-state index in [0.717, 1.165) is 3.57 Å². The number of ether oxygens (including phenoxy) is 1. The first-order valence-electron chi connectivity index (χ1n) is 12.4. The number of carbonyl (C=O) groups excluding carboxylic acids is 2. The molecule has 12 heteroatoms. The van der Waals surface area contributed by atoms with Crippen molar-refractivity contribution in [3.63, 3.8) is 0 Å². The molecule has 1 saturated heterocycles. The molecule has 3 amide bonds. The molecule has 11 nitrogen and oxygen atoms in total. The maximum absolute atomic E-state index is 12.4. The summed E-state index contributed by atoms with van der Waals surface area (Å²) in [5.74, 6) is 0.584. The number of hydrogen-bond donors (Lipinski definition) is 5. The first-order valence-corrected chi connectivity index (χ1v) is 13.4. The van der Waals surface area contributed by atoms with Crippen LogP contribution in [-0.2, 0) is 4.74 Å². The highest BCUT2D eigenvalue weighted by atomic mass is 127. The van der Waals surface area contributed by atoms with Gasteiger partial charge in [-0.1, -0.05) is 18.2 Å². The first-order chi connectivity index (χ1) is 18.5. The summed E-state index contributed by atoms with van der Waals surface area (Å²) in [6.07, 6.45) is 1.68. The van der Waals surface area contributed by atoms with Crippen molar-refractivity contribution in [2.75, 3.05) is 34.8 Å². The number of nitrogen functional groups attached to an aromatic ring is 1.